The summed E-state index contributed by atoms with van der Waals surface area (Å²) in [4.78, 5) is 64.7. The van der Waals surface area contributed by atoms with Crippen LogP contribution in [0.5, 0.6) is 17.2 Å². The number of ether oxygens (including phenoxy) is 11. The quantitative estimate of drug-likeness (QED) is 0.0118. The Morgan fingerprint density at radius 3 is 1.88 bits per heavy atom. The van der Waals surface area contributed by atoms with Crippen LogP contribution < -0.4 is 41.5 Å². The molecule has 0 unspecified atom stereocenters. The molecule has 29 nitrogen and oxygen atoms in total. The first-order valence-corrected chi connectivity index (χ1v) is 37.3. The summed E-state index contributed by atoms with van der Waals surface area (Å²) in [5.41, 5.74) is 12.9. The number of carboxylic acids is 1. The van der Waals surface area contributed by atoms with E-state index in [-0.39, 0.29) is 75.0 Å². The highest BCUT2D eigenvalue weighted by Gasteiger charge is 2.57. The maximum atomic E-state index is 18.3. The summed E-state index contributed by atoms with van der Waals surface area (Å²) in [6.07, 6.45) is 10.1. The van der Waals surface area contributed by atoms with Crippen LogP contribution in [-0.2, 0) is 67.2 Å². The van der Waals surface area contributed by atoms with E-state index in [0.29, 0.717) is 179 Å². The van der Waals surface area contributed by atoms with Crippen LogP contribution in [0, 0.1) is 10.5 Å². The Bertz CT molecular complexity index is 4620. The lowest BCUT2D eigenvalue weighted by Gasteiger charge is -2.34. The maximum Gasteiger partial charge on any atom is 0.737 e. The van der Waals surface area contributed by atoms with Gasteiger partial charge >= 0.3 is 12.9 Å². The molecule has 2 aliphatic rings. The number of carboxylic acid groups (broad SMARTS) is 1. The second kappa shape index (κ2) is 41.4. The van der Waals surface area contributed by atoms with Crippen LogP contribution in [0.15, 0.2) is 135 Å². The van der Waals surface area contributed by atoms with Crippen LogP contribution in [0.2, 0.25) is 0 Å². The van der Waals surface area contributed by atoms with E-state index in [1.165, 1.54) is 27.3 Å². The number of aromatic nitrogens is 8. The molecule has 1 atom stereocenters. The Morgan fingerprint density at radius 2 is 1.27 bits per heavy atom. The lowest BCUT2D eigenvalue weighted by Crippen LogP contribution is -2.51. The molecule has 0 fully saturated rings. The molecule has 6 heterocycles. The molecule has 0 spiro atoms. The van der Waals surface area contributed by atoms with Crippen LogP contribution in [0.4, 0.5) is 20.3 Å². The summed E-state index contributed by atoms with van der Waals surface area (Å²) in [5, 5.41) is 26.6. The van der Waals surface area contributed by atoms with Gasteiger partial charge in [-0.1, -0.05) is 47.7 Å². The Kier molecular flexibility index (Phi) is 31.2. The standard InChI is InChI=1S/C75H86BF2I2N13O16/c1-49-66(79)62(24-9-51-5-17-58(18-6-51)107-43-41-105-39-37-103-33-31-99-3)92-69(49)65(70-50(2)67(80)63(93(70)76(92,77)78)25-10-52-7-19-59(20-8-52)108-44-42-106-40-38-104-34-32-100-4)53-13-21-60(22-14-53)109-48-57-47-91(90-89-57)28-30-102-36-35-101-29-27-82-64(94)26-23-61(74(97)98)86-72(95)54-11-15-55(16-12-54)83-45-56-46-84-71-68(85-56)73(96)88-75(81)87-71/h5-22,24-25,46-47,61,83H,23,26-45,48H2,1-4H3,(H,82,94)(H,86,95)(H,97,98)(H3,81,84,87,88,96)/b24-9+,25-10+/t61-/m0/s1. The van der Waals surface area contributed by atoms with Gasteiger partial charge in [-0.25, -0.2) is 19.4 Å². The number of halogens is 4. The number of carbonyl (C=O) groups is 3. The number of nitrogens with zero attached hydrogens (tertiary/aromatic N) is 8. The largest absolute Gasteiger partial charge is 0.737 e. The summed E-state index contributed by atoms with van der Waals surface area (Å²) >= 11 is 4.37. The fourth-order valence-corrected chi connectivity index (χ4v) is 12.9. The number of fused-ring (bicyclic) bond motifs is 3. The van der Waals surface area contributed by atoms with E-state index in [9.17, 15) is 24.3 Å². The van der Waals surface area contributed by atoms with Crippen LogP contribution in [0.1, 0.15) is 75.2 Å². The lowest BCUT2D eigenvalue weighted by atomic mass is 9.83. The Balaban J connectivity index is 0.700. The van der Waals surface area contributed by atoms with Gasteiger partial charge in [0, 0.05) is 65.0 Å². The predicted molar refractivity (Wildman–Crippen MR) is 422 cm³/mol. The molecule has 0 saturated heterocycles. The molecule has 34 heteroatoms. The molecular formula is C75H86BF2I2N13O16. The minimum Gasteiger partial charge on any atom is -0.491 e. The van der Waals surface area contributed by atoms with E-state index in [4.69, 9.17) is 57.8 Å². The summed E-state index contributed by atoms with van der Waals surface area (Å²) in [5.74, 6) is -0.597. The maximum absolute atomic E-state index is 18.3. The number of hydrogen-bond donors (Lipinski definition) is 6. The van der Waals surface area contributed by atoms with Crippen molar-refractivity contribution in [2.75, 3.05) is 138 Å². The van der Waals surface area contributed by atoms with Crippen molar-refractivity contribution < 1.29 is 84.7 Å². The fraction of sp³-hybridized carbons (Fsp3) is 0.360. The number of anilines is 2. The van der Waals surface area contributed by atoms with Crippen LogP contribution in [0.3, 0.4) is 0 Å². The average molecular weight is 1730 g/mol. The first kappa shape index (κ1) is 82.1. The minimum absolute atomic E-state index is 0.0379. The Labute approximate surface area is 654 Å². The molecule has 0 saturated carbocycles. The van der Waals surface area contributed by atoms with Gasteiger partial charge in [-0.05, 0) is 161 Å². The lowest BCUT2D eigenvalue weighted by molar-refractivity contribution is -0.362. The molecule has 109 heavy (non-hydrogen) atoms. The highest BCUT2D eigenvalue weighted by atomic mass is 127. The second-order valence-electron chi connectivity index (χ2n) is 24.7. The molecule has 4 aromatic heterocycles. The van der Waals surface area contributed by atoms with Crippen LogP contribution in [-0.4, -0.2) is 212 Å². The van der Waals surface area contributed by atoms with Crippen molar-refractivity contribution in [3.63, 3.8) is 0 Å². The first-order chi connectivity index (χ1) is 52.9. The topological polar surface area (TPSA) is 345 Å². The molecule has 8 aromatic rings. The fourth-order valence-electron chi connectivity index (χ4n) is 11.5. The summed E-state index contributed by atoms with van der Waals surface area (Å²) < 4.78 is 104. The van der Waals surface area contributed by atoms with Gasteiger partial charge in [-0.2, -0.15) is 4.98 Å². The SMILES string of the molecule is COCCOCCOCCOc1ccc(/C=C/C2=[N+]3C(=C(c4ccc(OCc5cn(CCOCCOCCNC(=O)CC[C@H](NC(=O)c6ccc(NCc7cnc8nc(N)[nH]c(=O)c8n7)cc6)C(=O)O)nn5)cc4)c4c(C)c(I)c(/C=C/c5ccc(OCCOCCOCCOC)cc5)n4[B-]3(F)F)C(C)=C2I)cc1. The predicted octanol–water partition coefficient (Wildman–Crippen LogP) is 8.78. The number of nitrogens with one attached hydrogen (secondary N) is 4. The molecule has 2 aliphatic heterocycles. The third-order valence-corrected chi connectivity index (χ3v) is 19.8. The smallest absolute Gasteiger partial charge is 0.491 e. The number of benzene rings is 4. The van der Waals surface area contributed by atoms with Gasteiger partial charge in [0.05, 0.1) is 133 Å². The number of nitrogen functional groups attached to an aromatic ring is 1. The third kappa shape index (κ3) is 23.1. The normalized spacial score (nSPS) is 13.6. The Hall–Kier alpha value is -9.38. The third-order valence-electron chi connectivity index (χ3n) is 17.0. The molecule has 4 aromatic carbocycles. The zero-order chi connectivity index (χ0) is 77.1. The number of methoxy groups -OCH3 is 2. The molecule has 0 aliphatic carbocycles. The van der Waals surface area contributed by atoms with E-state index in [1.807, 2.05) is 98.8 Å². The second-order valence-corrected chi connectivity index (χ2v) is 26.8. The molecule has 10 rings (SSSR count). The van der Waals surface area contributed by atoms with E-state index >= 15 is 8.63 Å². The van der Waals surface area contributed by atoms with E-state index < -0.39 is 36.4 Å². The zero-order valence-electron chi connectivity index (χ0n) is 60.7. The summed E-state index contributed by atoms with van der Waals surface area (Å²) in [6.45, 7) is 6.33. The van der Waals surface area contributed by atoms with Gasteiger partial charge in [-0.3, -0.25) is 19.4 Å². The van der Waals surface area contributed by atoms with Crippen molar-refractivity contribution >= 4 is 122 Å². The first-order valence-electron chi connectivity index (χ1n) is 35.2. The Morgan fingerprint density at radius 1 is 0.697 bits per heavy atom. The van der Waals surface area contributed by atoms with Gasteiger partial charge in [0.25, 0.3) is 11.5 Å². The number of rotatable bonds is 46. The molecule has 0 radical (unpaired) electrons. The number of nitrogens with two attached hydrogens (primary N) is 1. The number of amides is 2. The van der Waals surface area contributed by atoms with Crippen LogP contribution >= 0.6 is 45.2 Å². The summed E-state index contributed by atoms with van der Waals surface area (Å²) in [7, 11) is 3.24. The van der Waals surface area contributed by atoms with E-state index in [2.05, 4.69) is 91.4 Å². The number of aromatic amines is 1. The van der Waals surface area contributed by atoms with Crippen molar-refractivity contribution in [1.82, 2.24) is 50.0 Å². The van der Waals surface area contributed by atoms with Crippen molar-refractivity contribution in [2.45, 2.75) is 52.4 Å². The van der Waals surface area contributed by atoms with E-state index in [0.717, 1.165) is 11.1 Å². The zero-order valence-corrected chi connectivity index (χ0v) is 65.0. The monoisotopic (exact) mass is 1730 g/mol. The van der Waals surface area contributed by atoms with Crippen LogP contribution in [0.25, 0.3) is 35.0 Å². The number of H-pyrrole nitrogens is 1. The molecule has 0 bridgehead atoms. The van der Waals surface area contributed by atoms with Gasteiger partial charge in [0.1, 0.15) is 48.8 Å². The highest BCUT2D eigenvalue weighted by molar-refractivity contribution is 14.1. The van der Waals surface area contributed by atoms with Gasteiger partial charge < -0.3 is 96.5 Å². The molecular weight excluding hydrogens is 1640 g/mol. The van der Waals surface area contributed by atoms with Gasteiger partial charge in [0.15, 0.2) is 22.6 Å². The number of hydrogen-bond acceptors (Lipinski definition) is 22. The molecule has 7 N–H and O–H groups in total. The van der Waals surface area contributed by atoms with Crippen molar-refractivity contribution in [2.24, 2.45) is 0 Å². The number of carbonyl (C=O) groups excluding carboxylic acids is 2. The van der Waals surface area contributed by atoms with E-state index in [1.54, 1.807) is 49.4 Å². The average Bonchev–Trinajstić information content (AvgIpc) is 1.54. The number of allylic oxidation sites excluding steroid dienone is 3. The molecule has 2 amide bonds. The molecule has 578 valence electrons. The summed E-state index contributed by atoms with van der Waals surface area (Å²) in [6, 6.07) is 27.2. The minimum atomic E-state index is -4.53. The van der Waals surface area contributed by atoms with Crippen molar-refractivity contribution in [3.8, 4) is 17.2 Å². The highest BCUT2D eigenvalue weighted by Crippen LogP contribution is 2.49. The van der Waals surface area contributed by atoms with Crippen molar-refractivity contribution in [1.29, 1.82) is 0 Å². The van der Waals surface area contributed by atoms with Gasteiger partial charge in [0.2, 0.25) is 11.9 Å². The number of aliphatic carboxylic acids is 1. The van der Waals surface area contributed by atoms with Crippen molar-refractivity contribution in [3.05, 3.63) is 195 Å². The van der Waals surface area contributed by atoms with Gasteiger partial charge in [-0.15, -0.1) is 5.10 Å².